The minimum atomic E-state index is -0.437. The number of nitrogens with one attached hydrogen (secondary N) is 2. The van der Waals surface area contributed by atoms with Crippen molar-refractivity contribution in [3.05, 3.63) is 29.8 Å². The van der Waals surface area contributed by atoms with Crippen LogP contribution in [0.4, 0.5) is 0 Å². The van der Waals surface area contributed by atoms with Crippen molar-refractivity contribution in [1.29, 1.82) is 0 Å². The fourth-order valence-corrected chi connectivity index (χ4v) is 2.90. The quantitative estimate of drug-likeness (QED) is 0.604. The van der Waals surface area contributed by atoms with Crippen molar-refractivity contribution in [2.45, 2.75) is 43.4 Å². The van der Waals surface area contributed by atoms with E-state index in [1.807, 2.05) is 20.8 Å². The first kappa shape index (κ1) is 20.0. The number of thioether (sulfide) groups is 1. The summed E-state index contributed by atoms with van der Waals surface area (Å²) in [7, 11) is 1.33. The lowest BCUT2D eigenvalue weighted by Gasteiger charge is -2.20. The van der Waals surface area contributed by atoms with E-state index >= 15 is 0 Å². The summed E-state index contributed by atoms with van der Waals surface area (Å²) in [6, 6.07) is 6.93. The van der Waals surface area contributed by atoms with Crippen LogP contribution in [0.25, 0.3) is 0 Å². The number of methoxy groups -OCH3 is 1. The molecule has 2 N–H and O–H groups in total. The van der Waals surface area contributed by atoms with Crippen molar-refractivity contribution < 1.29 is 19.1 Å². The molecule has 1 aromatic rings. The second-order valence-corrected chi connectivity index (χ2v) is 7.64. The van der Waals surface area contributed by atoms with Gasteiger partial charge in [-0.25, -0.2) is 0 Å². The first-order valence-corrected chi connectivity index (χ1v) is 8.44. The van der Waals surface area contributed by atoms with Crippen LogP contribution in [0.1, 0.15) is 38.1 Å². The summed E-state index contributed by atoms with van der Waals surface area (Å²) < 4.78 is 4.70. The van der Waals surface area contributed by atoms with Crippen molar-refractivity contribution >= 4 is 29.5 Å². The molecular formula is C17H24N2O4S. The number of hydrogen-bond donors (Lipinski definition) is 2. The number of carbonyl (C=O) groups is 3. The van der Waals surface area contributed by atoms with Gasteiger partial charge >= 0.3 is 5.97 Å². The Morgan fingerprint density at radius 3 is 2.42 bits per heavy atom. The van der Waals surface area contributed by atoms with E-state index in [0.717, 1.165) is 0 Å². The number of hydrogen-bond acceptors (Lipinski definition) is 5. The second-order valence-electron chi connectivity index (χ2n) is 6.26. The van der Waals surface area contributed by atoms with E-state index in [2.05, 4.69) is 10.6 Å². The van der Waals surface area contributed by atoms with E-state index in [0.29, 0.717) is 10.5 Å². The van der Waals surface area contributed by atoms with E-state index in [4.69, 9.17) is 4.74 Å². The van der Waals surface area contributed by atoms with Gasteiger partial charge in [0.15, 0.2) is 0 Å². The van der Waals surface area contributed by atoms with Crippen LogP contribution in [-0.2, 0) is 14.3 Å². The Hall–Kier alpha value is -2.02. The Morgan fingerprint density at radius 1 is 1.21 bits per heavy atom. The number of ether oxygens (including phenoxy) is 1. The van der Waals surface area contributed by atoms with Gasteiger partial charge in [-0.1, -0.05) is 12.1 Å². The summed E-state index contributed by atoms with van der Waals surface area (Å²) in [6.07, 6.45) is 0. The molecule has 1 rings (SSSR count). The van der Waals surface area contributed by atoms with Gasteiger partial charge in [0, 0.05) is 10.4 Å². The number of carbonyl (C=O) groups excluding carboxylic acids is 3. The summed E-state index contributed by atoms with van der Waals surface area (Å²) >= 11 is 1.24. The molecule has 0 spiro atoms. The summed E-state index contributed by atoms with van der Waals surface area (Å²) in [5, 5.41) is 4.94. The third-order valence-electron chi connectivity index (χ3n) is 2.89. The molecular weight excluding hydrogens is 328 g/mol. The molecule has 0 unspecified atom stereocenters. The molecule has 0 fully saturated rings. The van der Waals surface area contributed by atoms with Crippen molar-refractivity contribution in [3.8, 4) is 0 Å². The molecule has 132 valence electrons. The number of benzene rings is 1. The number of rotatable bonds is 6. The van der Waals surface area contributed by atoms with Crippen LogP contribution in [0.2, 0.25) is 0 Å². The first-order chi connectivity index (χ1) is 11.1. The van der Waals surface area contributed by atoms with Crippen LogP contribution >= 0.6 is 11.8 Å². The molecule has 24 heavy (non-hydrogen) atoms. The van der Waals surface area contributed by atoms with Gasteiger partial charge in [-0.2, -0.15) is 0 Å². The number of esters is 1. The highest BCUT2D eigenvalue weighted by Crippen LogP contribution is 2.27. The highest BCUT2D eigenvalue weighted by Gasteiger charge is 2.20. The second kappa shape index (κ2) is 8.73. The van der Waals surface area contributed by atoms with Crippen molar-refractivity contribution in [1.82, 2.24) is 10.6 Å². The van der Waals surface area contributed by atoms with E-state index < -0.39 is 5.25 Å². The molecule has 0 saturated carbocycles. The van der Waals surface area contributed by atoms with Crippen LogP contribution in [0, 0.1) is 0 Å². The van der Waals surface area contributed by atoms with Gasteiger partial charge in [-0.05, 0) is 39.8 Å². The van der Waals surface area contributed by atoms with Crippen LogP contribution in [0.5, 0.6) is 0 Å². The Kier molecular flexibility index (Phi) is 7.28. The highest BCUT2D eigenvalue weighted by atomic mass is 32.2. The molecule has 0 aliphatic carbocycles. The summed E-state index contributed by atoms with van der Waals surface area (Å²) in [5.41, 5.74) is 0.0627. The lowest BCUT2D eigenvalue weighted by atomic mass is 10.1. The largest absolute Gasteiger partial charge is 0.468 e. The zero-order chi connectivity index (χ0) is 18.3. The maximum absolute atomic E-state index is 12.3. The summed E-state index contributed by atoms with van der Waals surface area (Å²) in [6.45, 7) is 7.20. The Bertz CT molecular complexity index is 611. The van der Waals surface area contributed by atoms with Gasteiger partial charge in [0.25, 0.3) is 5.91 Å². The predicted molar refractivity (Wildman–Crippen MR) is 94.0 cm³/mol. The minimum Gasteiger partial charge on any atom is -0.468 e. The SMILES string of the molecule is COC(=O)[C@@H](C)Sc1ccccc1C(=O)NCC(=O)NC(C)(C)C. The number of amides is 2. The molecule has 0 heterocycles. The fraction of sp³-hybridized carbons (Fsp3) is 0.471. The summed E-state index contributed by atoms with van der Waals surface area (Å²) in [4.78, 5) is 36.3. The van der Waals surface area contributed by atoms with Crippen LogP contribution in [0.3, 0.4) is 0 Å². The average molecular weight is 352 g/mol. The zero-order valence-electron chi connectivity index (χ0n) is 14.6. The smallest absolute Gasteiger partial charge is 0.318 e. The van der Waals surface area contributed by atoms with E-state index in [1.54, 1.807) is 31.2 Å². The van der Waals surface area contributed by atoms with Gasteiger partial charge < -0.3 is 15.4 Å². The Balaban J connectivity index is 2.74. The molecule has 0 saturated heterocycles. The maximum atomic E-state index is 12.3. The van der Waals surface area contributed by atoms with Crippen molar-refractivity contribution in [2.24, 2.45) is 0 Å². The normalized spacial score (nSPS) is 12.2. The minimum absolute atomic E-state index is 0.109. The zero-order valence-corrected chi connectivity index (χ0v) is 15.5. The van der Waals surface area contributed by atoms with E-state index in [1.165, 1.54) is 18.9 Å². The van der Waals surface area contributed by atoms with Crippen LogP contribution in [-0.4, -0.2) is 42.2 Å². The monoisotopic (exact) mass is 352 g/mol. The molecule has 1 atom stereocenters. The predicted octanol–water partition coefficient (Wildman–Crippen LogP) is 1.98. The third kappa shape index (κ3) is 6.62. The molecule has 0 radical (unpaired) electrons. The van der Waals surface area contributed by atoms with Gasteiger partial charge in [0.2, 0.25) is 5.91 Å². The summed E-state index contributed by atoms with van der Waals surface area (Å²) in [5.74, 6) is -0.983. The molecule has 0 aromatic heterocycles. The van der Waals surface area contributed by atoms with Gasteiger partial charge in [-0.3, -0.25) is 14.4 Å². The molecule has 0 aliphatic rings. The molecule has 1 aromatic carbocycles. The Morgan fingerprint density at radius 2 is 1.83 bits per heavy atom. The van der Waals surface area contributed by atoms with Gasteiger partial charge in [0.05, 0.1) is 19.2 Å². The van der Waals surface area contributed by atoms with Crippen molar-refractivity contribution in [2.75, 3.05) is 13.7 Å². The molecule has 2 amide bonds. The van der Waals surface area contributed by atoms with Crippen LogP contribution in [0.15, 0.2) is 29.2 Å². The van der Waals surface area contributed by atoms with Crippen LogP contribution < -0.4 is 10.6 Å². The molecule has 6 nitrogen and oxygen atoms in total. The molecule has 0 aliphatic heterocycles. The van der Waals surface area contributed by atoms with Gasteiger partial charge in [0.1, 0.15) is 5.25 Å². The maximum Gasteiger partial charge on any atom is 0.318 e. The molecule has 0 bridgehead atoms. The molecule has 7 heteroatoms. The standard InChI is InChI=1S/C17H24N2O4S/c1-11(16(22)23-5)24-13-9-7-6-8-12(13)15(21)18-10-14(20)19-17(2,3)4/h6-9,11H,10H2,1-5H3,(H,18,21)(H,19,20)/t11-/m1/s1. The highest BCUT2D eigenvalue weighted by molar-refractivity contribution is 8.00. The van der Waals surface area contributed by atoms with Crippen molar-refractivity contribution in [3.63, 3.8) is 0 Å². The Labute approximate surface area is 146 Å². The first-order valence-electron chi connectivity index (χ1n) is 7.57. The lowest BCUT2D eigenvalue weighted by Crippen LogP contribution is -2.45. The lowest BCUT2D eigenvalue weighted by molar-refractivity contribution is -0.139. The topological polar surface area (TPSA) is 84.5 Å². The average Bonchev–Trinajstić information content (AvgIpc) is 2.50. The third-order valence-corrected chi connectivity index (χ3v) is 4.05. The van der Waals surface area contributed by atoms with E-state index in [-0.39, 0.29) is 29.9 Å². The van der Waals surface area contributed by atoms with E-state index in [9.17, 15) is 14.4 Å². The fourth-order valence-electron chi connectivity index (χ4n) is 1.88. The van der Waals surface area contributed by atoms with Gasteiger partial charge in [-0.15, -0.1) is 11.8 Å².